The number of sulfone groups is 1. The number of β-lactam (4-membered cyclic amide) rings is 1. The van der Waals surface area contributed by atoms with E-state index in [0.717, 1.165) is 16.0 Å². The Labute approximate surface area is 215 Å². The first-order valence-electron chi connectivity index (χ1n) is 11.8. The second-order valence-corrected chi connectivity index (χ2v) is 12.2. The fourth-order valence-electron chi connectivity index (χ4n) is 4.92. The minimum atomic E-state index is -3.98. The number of pyridine rings is 1. The predicted octanol–water partition coefficient (Wildman–Crippen LogP) is 3.03. The van der Waals surface area contributed by atoms with Crippen LogP contribution in [0.15, 0.2) is 84.6 Å². The van der Waals surface area contributed by atoms with Gasteiger partial charge in [-0.15, -0.1) is 0 Å². The van der Waals surface area contributed by atoms with Gasteiger partial charge in [0.15, 0.2) is 27.4 Å². The summed E-state index contributed by atoms with van der Waals surface area (Å²) in [7, 11) is -3.98. The molecule has 0 saturated carbocycles. The summed E-state index contributed by atoms with van der Waals surface area (Å²) in [6, 6.07) is 20.2. The number of hydrogen-bond acceptors (Lipinski definition) is 7. The van der Waals surface area contributed by atoms with Crippen molar-refractivity contribution in [2.24, 2.45) is 0 Å². The van der Waals surface area contributed by atoms with Crippen LogP contribution in [0.4, 0.5) is 0 Å². The van der Waals surface area contributed by atoms with E-state index in [9.17, 15) is 23.1 Å². The summed E-state index contributed by atoms with van der Waals surface area (Å²) in [5, 5.41) is 8.10. The fourth-order valence-corrected chi connectivity index (χ4v) is 7.03. The molecule has 1 amide bonds. The smallest absolute Gasteiger partial charge is 0.331 e. The minimum Gasteiger partial charge on any atom is -0.451 e. The summed E-state index contributed by atoms with van der Waals surface area (Å²) in [6.07, 6.45) is 2.10. The van der Waals surface area contributed by atoms with Crippen molar-refractivity contribution in [3.8, 4) is 0 Å². The summed E-state index contributed by atoms with van der Waals surface area (Å²) in [5.41, 5.74) is 2.41. The van der Waals surface area contributed by atoms with Gasteiger partial charge in [-0.25, -0.2) is 13.2 Å². The van der Waals surface area contributed by atoms with Crippen LogP contribution in [0.1, 0.15) is 42.3 Å². The van der Waals surface area contributed by atoms with Crippen LogP contribution in [0.2, 0.25) is 0 Å². The topological polar surface area (TPSA) is 114 Å². The molecule has 2 atom stereocenters. The SMILES string of the molecule is CC1(C)[C@H](C(=O)OC(c2ccccc2)c2ccccc2)N2C(=O)/C(=C/c3cc(CO)ccn3)C2S1(=O)=O. The molecule has 9 heteroatoms. The molecule has 0 radical (unpaired) electrons. The number of fused-ring (bicyclic) bond motifs is 1. The number of esters is 1. The summed E-state index contributed by atoms with van der Waals surface area (Å²) in [6.45, 7) is 2.68. The van der Waals surface area contributed by atoms with Gasteiger partial charge in [-0.05, 0) is 48.7 Å². The van der Waals surface area contributed by atoms with Gasteiger partial charge in [0.1, 0.15) is 4.75 Å². The number of carbonyl (C=O) groups is 2. The summed E-state index contributed by atoms with van der Waals surface area (Å²) in [5.74, 6) is -1.35. The van der Waals surface area contributed by atoms with E-state index in [1.165, 1.54) is 26.1 Å². The molecule has 0 aliphatic carbocycles. The van der Waals surface area contributed by atoms with Gasteiger partial charge in [-0.1, -0.05) is 60.7 Å². The Morgan fingerprint density at radius 2 is 1.68 bits per heavy atom. The van der Waals surface area contributed by atoms with Gasteiger partial charge in [0.25, 0.3) is 5.91 Å². The van der Waals surface area contributed by atoms with Crippen molar-refractivity contribution in [1.82, 2.24) is 9.88 Å². The Hall–Kier alpha value is -3.82. The maximum atomic E-state index is 13.6. The van der Waals surface area contributed by atoms with Crippen LogP contribution in [0.5, 0.6) is 0 Å². The molecule has 2 aliphatic rings. The largest absolute Gasteiger partial charge is 0.451 e. The first-order chi connectivity index (χ1) is 17.7. The minimum absolute atomic E-state index is 0.0358. The molecule has 1 N–H and O–H groups in total. The Morgan fingerprint density at radius 3 is 2.24 bits per heavy atom. The Kier molecular flexibility index (Phi) is 6.21. The van der Waals surface area contributed by atoms with E-state index in [2.05, 4.69) is 4.98 Å². The number of aromatic nitrogens is 1. The van der Waals surface area contributed by atoms with Crippen molar-refractivity contribution in [3.63, 3.8) is 0 Å². The molecule has 1 unspecified atom stereocenters. The Bertz CT molecular complexity index is 1450. The highest BCUT2D eigenvalue weighted by Crippen LogP contribution is 2.49. The van der Waals surface area contributed by atoms with Gasteiger partial charge in [-0.2, -0.15) is 0 Å². The number of amides is 1. The summed E-state index contributed by atoms with van der Waals surface area (Å²) < 4.78 is 31.5. The highest BCUT2D eigenvalue weighted by Gasteiger charge is 2.70. The van der Waals surface area contributed by atoms with Crippen LogP contribution in [-0.4, -0.2) is 51.4 Å². The number of ether oxygens (including phenoxy) is 1. The highest BCUT2D eigenvalue weighted by molar-refractivity contribution is 7.94. The number of aliphatic hydroxyl groups is 1. The third-order valence-corrected chi connectivity index (χ3v) is 9.72. The van der Waals surface area contributed by atoms with E-state index < -0.39 is 44.0 Å². The number of nitrogens with zero attached hydrogens (tertiary/aromatic N) is 2. The first kappa shape index (κ1) is 24.9. The van der Waals surface area contributed by atoms with Gasteiger partial charge in [-0.3, -0.25) is 9.78 Å². The number of benzene rings is 2. The zero-order valence-electron chi connectivity index (χ0n) is 20.3. The first-order valence-corrected chi connectivity index (χ1v) is 13.4. The van der Waals surface area contributed by atoms with Crippen LogP contribution in [0.3, 0.4) is 0 Å². The Morgan fingerprint density at radius 1 is 1.08 bits per heavy atom. The molecule has 0 bridgehead atoms. The molecular formula is C28H26N2O6S. The molecule has 1 aromatic heterocycles. The Balaban J connectivity index is 1.50. The maximum Gasteiger partial charge on any atom is 0.331 e. The van der Waals surface area contributed by atoms with Crippen LogP contribution in [0.25, 0.3) is 6.08 Å². The average molecular weight is 519 g/mol. The number of carbonyl (C=O) groups excluding carboxylic acids is 2. The molecule has 3 aromatic rings. The van der Waals surface area contributed by atoms with Gasteiger partial charge < -0.3 is 14.7 Å². The average Bonchev–Trinajstić information content (AvgIpc) is 3.05. The quantitative estimate of drug-likeness (QED) is 0.303. The van der Waals surface area contributed by atoms with Gasteiger partial charge in [0.05, 0.1) is 17.9 Å². The molecule has 2 aliphatic heterocycles. The molecule has 2 saturated heterocycles. The monoisotopic (exact) mass is 518 g/mol. The van der Waals surface area contributed by atoms with Gasteiger partial charge in [0, 0.05) is 6.20 Å². The van der Waals surface area contributed by atoms with Gasteiger partial charge >= 0.3 is 5.97 Å². The summed E-state index contributed by atoms with van der Waals surface area (Å²) >= 11 is 0. The van der Waals surface area contributed by atoms with Crippen molar-refractivity contribution in [2.45, 2.75) is 42.7 Å². The molecule has 37 heavy (non-hydrogen) atoms. The van der Waals surface area contributed by atoms with E-state index in [-0.39, 0.29) is 12.2 Å². The number of rotatable bonds is 6. The lowest BCUT2D eigenvalue weighted by molar-refractivity contribution is -0.160. The molecule has 2 fully saturated rings. The lowest BCUT2D eigenvalue weighted by atomic mass is 9.94. The van der Waals surface area contributed by atoms with E-state index in [1.54, 1.807) is 12.1 Å². The molecule has 0 spiro atoms. The molecule has 5 rings (SSSR count). The van der Waals surface area contributed by atoms with E-state index >= 15 is 0 Å². The van der Waals surface area contributed by atoms with Crippen molar-refractivity contribution in [2.75, 3.05) is 0 Å². The fraction of sp³-hybridized carbons (Fsp3) is 0.250. The van der Waals surface area contributed by atoms with E-state index in [1.807, 2.05) is 60.7 Å². The molecule has 2 aromatic carbocycles. The third-order valence-electron chi connectivity index (χ3n) is 6.96. The second kappa shape index (κ2) is 9.24. The maximum absolute atomic E-state index is 13.6. The third kappa shape index (κ3) is 4.04. The zero-order chi connectivity index (χ0) is 26.4. The second-order valence-electron chi connectivity index (χ2n) is 9.60. The van der Waals surface area contributed by atoms with Crippen LogP contribution < -0.4 is 0 Å². The van der Waals surface area contributed by atoms with Crippen LogP contribution in [-0.2, 0) is 30.8 Å². The lowest BCUT2D eigenvalue weighted by Gasteiger charge is -2.38. The number of hydrogen-bond donors (Lipinski definition) is 1. The van der Waals surface area contributed by atoms with Gasteiger partial charge in [0.2, 0.25) is 0 Å². The molecule has 190 valence electrons. The lowest BCUT2D eigenvalue weighted by Crippen LogP contribution is -2.59. The van der Waals surface area contributed by atoms with Crippen molar-refractivity contribution in [3.05, 3.63) is 107 Å². The predicted molar refractivity (Wildman–Crippen MR) is 136 cm³/mol. The van der Waals surface area contributed by atoms with Crippen LogP contribution >= 0.6 is 0 Å². The molecule has 8 nitrogen and oxygen atoms in total. The van der Waals surface area contributed by atoms with Crippen molar-refractivity contribution < 1.29 is 27.9 Å². The van der Waals surface area contributed by atoms with Crippen molar-refractivity contribution in [1.29, 1.82) is 0 Å². The normalized spacial score (nSPS) is 22.5. The standard InChI is InChI=1S/C28H26N2O6S/c1-28(2)24(27(33)36-23(19-9-5-3-6-10-19)20-11-7-4-8-12-20)30-25(32)22(26(30)37(28,34)35)16-21-15-18(17-31)13-14-29-21/h3-16,23-24,26,31H,17H2,1-2H3/b22-16-/t24-,26?/m0/s1. The van der Waals surface area contributed by atoms with Crippen molar-refractivity contribution >= 4 is 27.8 Å². The van der Waals surface area contributed by atoms with E-state index in [4.69, 9.17) is 4.74 Å². The summed E-state index contributed by atoms with van der Waals surface area (Å²) in [4.78, 5) is 32.1. The highest BCUT2D eigenvalue weighted by atomic mass is 32.2. The molecule has 3 heterocycles. The van der Waals surface area contributed by atoms with Crippen LogP contribution in [0, 0.1) is 0 Å². The van der Waals surface area contributed by atoms with E-state index in [0.29, 0.717) is 11.3 Å². The number of aliphatic hydroxyl groups excluding tert-OH is 1. The molecular weight excluding hydrogens is 492 g/mol. The zero-order valence-corrected chi connectivity index (χ0v) is 21.1.